The van der Waals surface area contributed by atoms with E-state index >= 15 is 0 Å². The van der Waals surface area contributed by atoms with Crippen LogP contribution in [0.25, 0.3) is 11.4 Å². The van der Waals surface area contributed by atoms with Crippen molar-refractivity contribution in [3.8, 4) is 11.4 Å². The lowest BCUT2D eigenvalue weighted by Crippen LogP contribution is -2.50. The largest absolute Gasteiger partial charge is 0.469 e. The number of allylic oxidation sites excluding steroid dienone is 1. The summed E-state index contributed by atoms with van der Waals surface area (Å²) in [5, 5.41) is 9.15. The summed E-state index contributed by atoms with van der Waals surface area (Å²) in [7, 11) is -3.55. The summed E-state index contributed by atoms with van der Waals surface area (Å²) >= 11 is 1.30. The smallest absolute Gasteiger partial charge is 0.243 e. The molecule has 0 aliphatic carbocycles. The Labute approximate surface area is 197 Å². The molecule has 2 aromatic heterocycles. The maximum Gasteiger partial charge on any atom is 0.243 e. The first-order chi connectivity index (χ1) is 15.9. The average molecular weight is 488 g/mol. The van der Waals surface area contributed by atoms with Gasteiger partial charge in [0.2, 0.25) is 15.9 Å². The van der Waals surface area contributed by atoms with Gasteiger partial charge in [0.15, 0.2) is 11.0 Å². The maximum atomic E-state index is 12.8. The zero-order chi connectivity index (χ0) is 23.4. The van der Waals surface area contributed by atoms with Crippen LogP contribution in [0.2, 0.25) is 0 Å². The summed E-state index contributed by atoms with van der Waals surface area (Å²) in [5.41, 5.74) is 0.846. The lowest BCUT2D eigenvalue weighted by molar-refractivity contribution is -0.129. The van der Waals surface area contributed by atoms with Crippen LogP contribution in [0.4, 0.5) is 0 Å². The third kappa shape index (κ3) is 4.90. The number of rotatable bonds is 8. The van der Waals surface area contributed by atoms with E-state index in [9.17, 15) is 13.2 Å². The summed E-state index contributed by atoms with van der Waals surface area (Å²) in [5.74, 6) is 1.52. The number of carbonyl (C=O) groups is 1. The van der Waals surface area contributed by atoms with Gasteiger partial charge in [-0.25, -0.2) is 8.42 Å². The van der Waals surface area contributed by atoms with Crippen molar-refractivity contribution in [2.24, 2.45) is 0 Å². The third-order valence-corrected chi connectivity index (χ3v) is 8.29. The molecule has 3 heterocycles. The molecule has 1 saturated heterocycles. The molecule has 0 atom stereocenters. The van der Waals surface area contributed by atoms with E-state index < -0.39 is 10.0 Å². The number of piperazine rings is 1. The van der Waals surface area contributed by atoms with Gasteiger partial charge in [-0.3, -0.25) is 9.36 Å². The number of carbonyl (C=O) groups excluding carboxylic acids is 1. The van der Waals surface area contributed by atoms with Gasteiger partial charge in [0.05, 0.1) is 22.5 Å². The van der Waals surface area contributed by atoms with Crippen molar-refractivity contribution in [1.82, 2.24) is 24.0 Å². The molecule has 9 nitrogen and oxygen atoms in total. The van der Waals surface area contributed by atoms with E-state index in [-0.39, 0.29) is 29.6 Å². The van der Waals surface area contributed by atoms with E-state index in [0.29, 0.717) is 30.6 Å². The molecule has 0 N–H and O–H groups in total. The van der Waals surface area contributed by atoms with Gasteiger partial charge in [0.25, 0.3) is 0 Å². The van der Waals surface area contributed by atoms with Crippen molar-refractivity contribution in [2.45, 2.75) is 23.5 Å². The normalized spacial score (nSPS) is 15.0. The highest BCUT2D eigenvalue weighted by Crippen LogP contribution is 2.27. The van der Waals surface area contributed by atoms with Crippen LogP contribution in [-0.2, 0) is 21.4 Å². The molecule has 3 aromatic rings. The van der Waals surface area contributed by atoms with Crippen LogP contribution in [0, 0.1) is 6.92 Å². The Hall–Kier alpha value is -2.89. The molecule has 0 spiro atoms. The Morgan fingerprint density at radius 3 is 2.52 bits per heavy atom. The predicted molar refractivity (Wildman–Crippen MR) is 125 cm³/mol. The van der Waals surface area contributed by atoms with Gasteiger partial charge in [-0.05, 0) is 25.1 Å². The first-order valence-corrected chi connectivity index (χ1v) is 12.9. The minimum absolute atomic E-state index is 0.0639. The summed E-state index contributed by atoms with van der Waals surface area (Å²) in [6.45, 7) is 7.40. The Balaban J connectivity index is 1.37. The molecule has 1 amide bonds. The molecule has 4 rings (SSSR count). The zero-order valence-corrected chi connectivity index (χ0v) is 19.9. The van der Waals surface area contributed by atoms with Gasteiger partial charge in [-0.2, -0.15) is 4.31 Å². The second-order valence-corrected chi connectivity index (χ2v) is 10.4. The minimum atomic E-state index is -3.55. The van der Waals surface area contributed by atoms with E-state index in [1.807, 2.05) is 17.6 Å². The van der Waals surface area contributed by atoms with Crippen molar-refractivity contribution >= 4 is 27.7 Å². The fraction of sp³-hybridized carbons (Fsp3) is 0.318. The highest BCUT2D eigenvalue weighted by molar-refractivity contribution is 7.99. The highest BCUT2D eigenvalue weighted by atomic mass is 32.2. The molecule has 0 saturated carbocycles. The molecule has 0 radical (unpaired) electrons. The monoisotopic (exact) mass is 487 g/mol. The van der Waals surface area contributed by atoms with Crippen molar-refractivity contribution in [1.29, 1.82) is 0 Å². The highest BCUT2D eigenvalue weighted by Gasteiger charge is 2.30. The van der Waals surface area contributed by atoms with Gasteiger partial charge in [-0.15, -0.1) is 16.8 Å². The quantitative estimate of drug-likeness (QED) is 0.356. The van der Waals surface area contributed by atoms with Crippen LogP contribution in [0.3, 0.4) is 0 Å². The number of furan rings is 1. The molecular weight excluding hydrogens is 462 g/mol. The second kappa shape index (κ2) is 9.94. The summed E-state index contributed by atoms with van der Waals surface area (Å²) in [4.78, 5) is 14.8. The molecule has 11 heteroatoms. The number of thioether (sulfide) groups is 1. The molecular formula is C22H25N5O4S2. The van der Waals surface area contributed by atoms with E-state index in [4.69, 9.17) is 4.42 Å². The number of amides is 1. The Bertz CT molecular complexity index is 1230. The predicted octanol–water partition coefficient (Wildman–Crippen LogP) is 2.66. The molecule has 1 aliphatic rings. The van der Waals surface area contributed by atoms with Crippen LogP contribution < -0.4 is 0 Å². The lowest BCUT2D eigenvalue weighted by Gasteiger charge is -2.34. The Morgan fingerprint density at radius 1 is 1.15 bits per heavy atom. The van der Waals surface area contributed by atoms with Crippen LogP contribution in [0.15, 0.2) is 69.8 Å². The first kappa shape index (κ1) is 23.3. The van der Waals surface area contributed by atoms with Gasteiger partial charge in [0.1, 0.15) is 5.76 Å². The van der Waals surface area contributed by atoms with Crippen molar-refractivity contribution in [2.75, 3.05) is 31.9 Å². The van der Waals surface area contributed by atoms with Gasteiger partial charge in [-0.1, -0.05) is 36.0 Å². The van der Waals surface area contributed by atoms with Gasteiger partial charge < -0.3 is 9.32 Å². The molecule has 1 aromatic carbocycles. The molecule has 33 heavy (non-hydrogen) atoms. The van der Waals surface area contributed by atoms with E-state index in [2.05, 4.69) is 16.8 Å². The van der Waals surface area contributed by atoms with E-state index in [1.54, 1.807) is 47.6 Å². The standard InChI is InChI=1S/C22H25N5O4S2/c1-3-10-27-21(19-9-15-31-17(19)2)23-24-22(27)32-16-20(28)25-11-13-26(14-12-25)33(29,30)18-7-5-4-6-8-18/h3-9,15H,1,10-14,16H2,2H3. The average Bonchev–Trinajstić information content (AvgIpc) is 3.43. The molecule has 0 bridgehead atoms. The summed E-state index contributed by atoms with van der Waals surface area (Å²) in [6, 6.07) is 10.2. The number of sulfonamides is 1. The molecule has 1 aliphatic heterocycles. The van der Waals surface area contributed by atoms with Crippen molar-refractivity contribution in [3.63, 3.8) is 0 Å². The summed E-state index contributed by atoms with van der Waals surface area (Å²) < 4.78 is 34.3. The van der Waals surface area contributed by atoms with Crippen LogP contribution in [0.1, 0.15) is 5.76 Å². The van der Waals surface area contributed by atoms with Crippen molar-refractivity contribution in [3.05, 3.63) is 61.1 Å². The maximum absolute atomic E-state index is 12.8. The second-order valence-electron chi connectivity index (χ2n) is 7.48. The number of benzene rings is 1. The molecule has 174 valence electrons. The topological polar surface area (TPSA) is 102 Å². The fourth-order valence-electron chi connectivity index (χ4n) is 3.64. The first-order valence-electron chi connectivity index (χ1n) is 10.5. The number of aryl methyl sites for hydroxylation is 1. The Morgan fingerprint density at radius 2 is 1.88 bits per heavy atom. The van der Waals surface area contributed by atoms with Crippen LogP contribution in [0.5, 0.6) is 0 Å². The van der Waals surface area contributed by atoms with Gasteiger partial charge >= 0.3 is 0 Å². The number of nitrogens with zero attached hydrogens (tertiary/aromatic N) is 5. The molecule has 0 unspecified atom stereocenters. The molecule has 1 fully saturated rings. The van der Waals surface area contributed by atoms with Crippen LogP contribution in [-0.4, -0.2) is 70.2 Å². The Kier molecular flexibility index (Phi) is 7.01. The number of hydrogen-bond donors (Lipinski definition) is 0. The lowest BCUT2D eigenvalue weighted by atomic mass is 10.2. The third-order valence-electron chi connectivity index (χ3n) is 5.43. The van der Waals surface area contributed by atoms with Gasteiger partial charge in [0, 0.05) is 32.7 Å². The zero-order valence-electron chi connectivity index (χ0n) is 18.3. The van der Waals surface area contributed by atoms with Crippen molar-refractivity contribution < 1.29 is 17.6 Å². The number of aromatic nitrogens is 3. The number of hydrogen-bond acceptors (Lipinski definition) is 7. The minimum Gasteiger partial charge on any atom is -0.469 e. The van der Waals surface area contributed by atoms with E-state index in [0.717, 1.165) is 11.3 Å². The fourth-order valence-corrected chi connectivity index (χ4v) is 5.94. The van der Waals surface area contributed by atoms with Crippen LogP contribution >= 0.6 is 11.8 Å². The van der Waals surface area contributed by atoms with E-state index in [1.165, 1.54) is 16.1 Å². The summed E-state index contributed by atoms with van der Waals surface area (Å²) in [6.07, 6.45) is 3.35. The SMILES string of the molecule is C=CCn1c(SCC(=O)N2CCN(S(=O)(=O)c3ccccc3)CC2)nnc1-c1ccoc1C.